The summed E-state index contributed by atoms with van der Waals surface area (Å²) in [5.41, 5.74) is 2.45. The molecule has 35 heavy (non-hydrogen) atoms. The van der Waals surface area contributed by atoms with Crippen molar-refractivity contribution in [1.82, 2.24) is 9.80 Å². The predicted molar refractivity (Wildman–Crippen MR) is 136 cm³/mol. The molecule has 2 aromatic rings. The fraction of sp³-hybridized carbons (Fsp3) is 0.500. The van der Waals surface area contributed by atoms with Crippen molar-refractivity contribution in [1.29, 1.82) is 0 Å². The van der Waals surface area contributed by atoms with Gasteiger partial charge in [-0.25, -0.2) is 8.42 Å². The number of aliphatic hydroxyl groups is 1. The minimum Gasteiger partial charge on any atom is -0.480 e. The number of aryl methyl sites for hydroxylation is 1. The van der Waals surface area contributed by atoms with Crippen LogP contribution in [0.3, 0.4) is 0 Å². The standard InChI is InChI=1S/C26H35N3O5S/c1-3-15-35(32,33)27-21-10-12-24-20(16-21)9-11-25(34-24)26(31)28(2)23(19-7-5-4-6-8-19)18-29-14-13-22(30)17-29/h4-8,10,12,16,22-23,25,27,30H,3,9,11,13-15,17-18H2,1-2H3/t22-,23+,25?/m0/s1. The number of likely N-dealkylation sites (N-methyl/N-ethyl adjacent to an activating group) is 1. The highest BCUT2D eigenvalue weighted by Gasteiger charge is 2.34. The molecule has 0 aliphatic carbocycles. The lowest BCUT2D eigenvalue weighted by molar-refractivity contribution is -0.140. The van der Waals surface area contributed by atoms with Crippen LogP contribution in [-0.4, -0.2) is 73.9 Å². The number of likely N-dealkylation sites (tertiary alicyclic amines) is 1. The quantitative estimate of drug-likeness (QED) is 0.548. The average molecular weight is 502 g/mol. The molecule has 2 aromatic carbocycles. The van der Waals surface area contributed by atoms with Crippen LogP contribution in [0.15, 0.2) is 48.5 Å². The second kappa shape index (κ2) is 11.0. The summed E-state index contributed by atoms with van der Waals surface area (Å²) in [5.74, 6) is 0.597. The SMILES string of the molecule is CCCS(=O)(=O)Nc1ccc2c(c1)CCC(C(=O)N(C)[C@H](CN1CC[C@H](O)C1)c1ccccc1)O2. The first-order chi connectivity index (χ1) is 16.8. The van der Waals surface area contributed by atoms with E-state index in [4.69, 9.17) is 4.74 Å². The summed E-state index contributed by atoms with van der Waals surface area (Å²) in [4.78, 5) is 17.5. The third-order valence-corrected chi connectivity index (χ3v) is 8.20. The number of nitrogens with one attached hydrogen (secondary N) is 1. The van der Waals surface area contributed by atoms with Crippen LogP contribution in [0.5, 0.6) is 5.75 Å². The van der Waals surface area contributed by atoms with Gasteiger partial charge in [0.2, 0.25) is 10.0 Å². The Labute approximate surface area is 207 Å². The van der Waals surface area contributed by atoms with Gasteiger partial charge in [0.1, 0.15) is 5.75 Å². The third-order valence-electron chi connectivity index (χ3n) is 6.71. The second-order valence-electron chi connectivity index (χ2n) is 9.47. The van der Waals surface area contributed by atoms with E-state index in [1.807, 2.05) is 44.3 Å². The maximum absolute atomic E-state index is 13.5. The number of nitrogens with zero attached hydrogens (tertiary/aromatic N) is 2. The van der Waals surface area contributed by atoms with Gasteiger partial charge in [-0.3, -0.25) is 14.4 Å². The van der Waals surface area contributed by atoms with Crippen LogP contribution in [0.4, 0.5) is 5.69 Å². The third kappa shape index (κ3) is 6.34. The molecular formula is C26H35N3O5S. The van der Waals surface area contributed by atoms with Crippen molar-refractivity contribution in [3.05, 3.63) is 59.7 Å². The first kappa shape index (κ1) is 25.5. The molecule has 2 aliphatic heterocycles. The Balaban J connectivity index is 1.46. The van der Waals surface area contributed by atoms with Gasteiger partial charge in [-0.2, -0.15) is 0 Å². The monoisotopic (exact) mass is 501 g/mol. The summed E-state index contributed by atoms with van der Waals surface area (Å²) in [7, 11) is -1.55. The highest BCUT2D eigenvalue weighted by molar-refractivity contribution is 7.92. The van der Waals surface area contributed by atoms with Crippen LogP contribution in [-0.2, 0) is 21.2 Å². The van der Waals surface area contributed by atoms with Crippen LogP contribution in [0.2, 0.25) is 0 Å². The maximum atomic E-state index is 13.5. The number of hydrogen-bond donors (Lipinski definition) is 2. The number of fused-ring (bicyclic) bond motifs is 1. The number of benzene rings is 2. The molecule has 8 nitrogen and oxygen atoms in total. The number of ether oxygens (including phenoxy) is 1. The van der Waals surface area contributed by atoms with Crippen molar-refractivity contribution in [2.45, 2.75) is 50.9 Å². The summed E-state index contributed by atoms with van der Waals surface area (Å²) in [6.45, 7) is 3.89. The van der Waals surface area contributed by atoms with Crippen LogP contribution in [0.1, 0.15) is 43.4 Å². The fourth-order valence-electron chi connectivity index (χ4n) is 4.86. The van der Waals surface area contributed by atoms with Gasteiger partial charge in [0, 0.05) is 32.4 Å². The van der Waals surface area contributed by atoms with E-state index < -0.39 is 16.1 Å². The molecule has 0 spiro atoms. The van der Waals surface area contributed by atoms with E-state index in [1.165, 1.54) is 0 Å². The first-order valence-electron chi connectivity index (χ1n) is 12.3. The van der Waals surface area contributed by atoms with Gasteiger partial charge in [-0.1, -0.05) is 37.3 Å². The summed E-state index contributed by atoms with van der Waals surface area (Å²) < 4.78 is 32.9. The number of rotatable bonds is 9. The minimum absolute atomic E-state index is 0.0719. The molecule has 2 heterocycles. The zero-order valence-corrected chi connectivity index (χ0v) is 21.2. The Hall–Kier alpha value is -2.62. The van der Waals surface area contributed by atoms with Gasteiger partial charge in [-0.15, -0.1) is 0 Å². The largest absolute Gasteiger partial charge is 0.480 e. The fourth-order valence-corrected chi connectivity index (χ4v) is 5.98. The molecule has 2 N–H and O–H groups in total. The van der Waals surface area contributed by atoms with Crippen molar-refractivity contribution in [3.63, 3.8) is 0 Å². The van der Waals surface area contributed by atoms with Crippen molar-refractivity contribution < 1.29 is 23.1 Å². The molecule has 1 fully saturated rings. The van der Waals surface area contributed by atoms with Crippen molar-refractivity contribution in [3.8, 4) is 5.75 Å². The van der Waals surface area contributed by atoms with Gasteiger partial charge in [-0.05, 0) is 55.0 Å². The molecule has 4 rings (SSSR count). The topological polar surface area (TPSA) is 99.2 Å². The van der Waals surface area contributed by atoms with Gasteiger partial charge < -0.3 is 14.7 Å². The van der Waals surface area contributed by atoms with E-state index in [0.29, 0.717) is 43.8 Å². The van der Waals surface area contributed by atoms with E-state index in [2.05, 4.69) is 9.62 Å². The van der Waals surface area contributed by atoms with Gasteiger partial charge in [0.15, 0.2) is 6.10 Å². The number of sulfonamides is 1. The Morgan fingerprint density at radius 1 is 1.23 bits per heavy atom. The normalized spacial score (nSPS) is 21.1. The van der Waals surface area contributed by atoms with E-state index in [1.54, 1.807) is 23.1 Å². The zero-order chi connectivity index (χ0) is 25.0. The molecule has 0 radical (unpaired) electrons. The lowest BCUT2D eigenvalue weighted by Crippen LogP contribution is -2.46. The Morgan fingerprint density at radius 3 is 2.69 bits per heavy atom. The van der Waals surface area contributed by atoms with Crippen molar-refractivity contribution in [2.75, 3.05) is 37.2 Å². The number of hydrogen-bond acceptors (Lipinski definition) is 6. The lowest BCUT2D eigenvalue weighted by atomic mass is 9.99. The molecule has 190 valence electrons. The molecule has 0 bridgehead atoms. The summed E-state index contributed by atoms with van der Waals surface area (Å²) >= 11 is 0. The Bertz CT molecular complexity index is 1130. The van der Waals surface area contributed by atoms with E-state index >= 15 is 0 Å². The Morgan fingerprint density at radius 2 is 2.00 bits per heavy atom. The van der Waals surface area contributed by atoms with Crippen LogP contribution >= 0.6 is 0 Å². The van der Waals surface area contributed by atoms with Crippen molar-refractivity contribution in [2.24, 2.45) is 0 Å². The van der Waals surface area contributed by atoms with Crippen LogP contribution in [0, 0.1) is 0 Å². The number of aliphatic hydroxyl groups excluding tert-OH is 1. The molecular weight excluding hydrogens is 466 g/mol. The summed E-state index contributed by atoms with van der Waals surface area (Å²) in [5, 5.41) is 9.96. The van der Waals surface area contributed by atoms with E-state index in [-0.39, 0.29) is 23.8 Å². The highest BCUT2D eigenvalue weighted by atomic mass is 32.2. The van der Waals surface area contributed by atoms with Gasteiger partial charge in [0.25, 0.3) is 5.91 Å². The highest BCUT2D eigenvalue weighted by Crippen LogP contribution is 2.32. The molecule has 0 saturated carbocycles. The average Bonchev–Trinajstić information content (AvgIpc) is 3.26. The summed E-state index contributed by atoms with van der Waals surface area (Å²) in [6.07, 6.45) is 1.51. The molecule has 1 unspecified atom stereocenters. The van der Waals surface area contributed by atoms with E-state index in [9.17, 15) is 18.3 Å². The zero-order valence-electron chi connectivity index (χ0n) is 20.4. The smallest absolute Gasteiger partial charge is 0.263 e. The molecule has 9 heteroatoms. The molecule has 2 aliphatic rings. The van der Waals surface area contributed by atoms with Crippen LogP contribution < -0.4 is 9.46 Å². The number of amides is 1. The van der Waals surface area contributed by atoms with Gasteiger partial charge in [0.05, 0.1) is 17.9 Å². The van der Waals surface area contributed by atoms with Crippen molar-refractivity contribution >= 4 is 21.6 Å². The lowest BCUT2D eigenvalue weighted by Gasteiger charge is -2.35. The second-order valence-corrected chi connectivity index (χ2v) is 11.3. The number of carbonyl (C=O) groups is 1. The van der Waals surface area contributed by atoms with E-state index in [0.717, 1.165) is 24.1 Å². The first-order valence-corrected chi connectivity index (χ1v) is 13.9. The maximum Gasteiger partial charge on any atom is 0.263 e. The summed E-state index contributed by atoms with van der Waals surface area (Å²) in [6, 6.07) is 15.0. The minimum atomic E-state index is -3.37. The predicted octanol–water partition coefficient (Wildman–Crippen LogP) is 2.80. The van der Waals surface area contributed by atoms with Crippen LogP contribution in [0.25, 0.3) is 0 Å². The Kier molecular flexibility index (Phi) is 7.98. The number of anilines is 1. The number of β-amino-alcohol motifs (C(OH)–C–C–N with tert-alkyl or cyclic N) is 1. The molecule has 1 saturated heterocycles. The molecule has 3 atom stereocenters. The molecule has 1 amide bonds. The number of carbonyl (C=O) groups excluding carboxylic acids is 1. The molecule has 0 aromatic heterocycles. The van der Waals surface area contributed by atoms with Gasteiger partial charge >= 0.3 is 0 Å².